The summed E-state index contributed by atoms with van der Waals surface area (Å²) >= 11 is 0. The Morgan fingerprint density at radius 3 is 2.85 bits per heavy atom. The Hall–Kier alpha value is -2.55. The molecule has 0 saturated heterocycles. The normalized spacial score (nSPS) is 16.5. The number of pyridine rings is 1. The zero-order valence-electron chi connectivity index (χ0n) is 10.9. The molecule has 0 amide bonds. The Morgan fingerprint density at radius 2 is 2.00 bits per heavy atom. The van der Waals surface area contributed by atoms with Crippen molar-refractivity contribution in [3.63, 3.8) is 0 Å². The molecule has 1 aliphatic rings. The second-order valence-corrected chi connectivity index (χ2v) is 5.10. The van der Waals surface area contributed by atoms with E-state index in [-0.39, 0.29) is 5.92 Å². The van der Waals surface area contributed by atoms with Gasteiger partial charge in [-0.3, -0.25) is 0 Å². The summed E-state index contributed by atoms with van der Waals surface area (Å²) in [4.78, 5) is 0. The highest BCUT2D eigenvalue weighted by Gasteiger charge is 2.35. The first-order chi connectivity index (χ1) is 9.84. The van der Waals surface area contributed by atoms with Crippen molar-refractivity contribution in [1.82, 2.24) is 0 Å². The van der Waals surface area contributed by atoms with Crippen molar-refractivity contribution in [2.24, 2.45) is 0 Å². The number of aromatic hydroxyl groups is 1. The number of benzene rings is 1. The SMILES string of the molecule is Oc1ccc[n+]2c1C(c1ccoc1)c1ccccc1C2. The number of furan rings is 1. The average Bonchev–Trinajstić information content (AvgIpc) is 2.99. The van der Waals surface area contributed by atoms with E-state index >= 15 is 0 Å². The van der Waals surface area contributed by atoms with Crippen molar-refractivity contribution in [2.75, 3.05) is 0 Å². The Kier molecular flexibility index (Phi) is 2.39. The lowest BCUT2D eigenvalue weighted by Crippen LogP contribution is -2.43. The molecule has 4 rings (SSSR count). The van der Waals surface area contributed by atoms with Gasteiger partial charge in [0, 0.05) is 17.2 Å². The van der Waals surface area contributed by atoms with Gasteiger partial charge in [-0.2, -0.15) is 4.57 Å². The van der Waals surface area contributed by atoms with Crippen molar-refractivity contribution in [3.05, 3.63) is 83.6 Å². The molecule has 1 N–H and O–H groups in total. The van der Waals surface area contributed by atoms with Gasteiger partial charge in [-0.05, 0) is 17.7 Å². The fraction of sp³-hybridized carbons (Fsp3) is 0.118. The molecule has 1 aromatic carbocycles. The highest BCUT2D eigenvalue weighted by atomic mass is 16.3. The first-order valence-corrected chi connectivity index (χ1v) is 6.66. The predicted octanol–water partition coefficient (Wildman–Crippen LogP) is 2.81. The maximum absolute atomic E-state index is 10.3. The lowest BCUT2D eigenvalue weighted by atomic mass is 9.83. The number of hydrogen-bond donors (Lipinski definition) is 1. The summed E-state index contributed by atoms with van der Waals surface area (Å²) in [5.41, 5.74) is 4.50. The maximum Gasteiger partial charge on any atom is 0.235 e. The van der Waals surface area contributed by atoms with E-state index in [0.29, 0.717) is 5.75 Å². The minimum Gasteiger partial charge on any atom is -0.502 e. The van der Waals surface area contributed by atoms with Gasteiger partial charge in [0.1, 0.15) is 5.92 Å². The van der Waals surface area contributed by atoms with Crippen molar-refractivity contribution < 1.29 is 14.1 Å². The molecule has 2 aromatic heterocycles. The molecule has 0 bridgehead atoms. The smallest absolute Gasteiger partial charge is 0.235 e. The van der Waals surface area contributed by atoms with Gasteiger partial charge >= 0.3 is 0 Å². The average molecular weight is 264 g/mol. The van der Waals surface area contributed by atoms with Crippen LogP contribution in [-0.2, 0) is 6.54 Å². The van der Waals surface area contributed by atoms with Crippen LogP contribution in [0.15, 0.2) is 65.6 Å². The van der Waals surface area contributed by atoms with Crippen LogP contribution in [0.3, 0.4) is 0 Å². The van der Waals surface area contributed by atoms with E-state index < -0.39 is 0 Å². The lowest BCUT2D eigenvalue weighted by Gasteiger charge is -2.23. The van der Waals surface area contributed by atoms with Crippen molar-refractivity contribution >= 4 is 0 Å². The summed E-state index contributed by atoms with van der Waals surface area (Å²) < 4.78 is 7.35. The molecule has 0 radical (unpaired) electrons. The number of rotatable bonds is 1. The van der Waals surface area contributed by atoms with Crippen LogP contribution in [-0.4, -0.2) is 5.11 Å². The van der Waals surface area contributed by atoms with Crippen molar-refractivity contribution in [2.45, 2.75) is 12.5 Å². The van der Waals surface area contributed by atoms with E-state index in [1.54, 1.807) is 18.6 Å². The molecular weight excluding hydrogens is 250 g/mol. The zero-order chi connectivity index (χ0) is 13.5. The highest BCUT2D eigenvalue weighted by molar-refractivity contribution is 5.46. The molecule has 0 aliphatic carbocycles. The third-order valence-corrected chi connectivity index (χ3v) is 3.95. The second kappa shape index (κ2) is 4.23. The fourth-order valence-electron chi connectivity index (χ4n) is 3.07. The predicted molar refractivity (Wildman–Crippen MR) is 73.5 cm³/mol. The monoisotopic (exact) mass is 264 g/mol. The van der Waals surface area contributed by atoms with E-state index in [9.17, 15) is 5.11 Å². The molecule has 3 heteroatoms. The zero-order valence-corrected chi connectivity index (χ0v) is 10.9. The van der Waals surface area contributed by atoms with Gasteiger partial charge < -0.3 is 9.52 Å². The minimum atomic E-state index is 0.0138. The van der Waals surface area contributed by atoms with Gasteiger partial charge in [-0.1, -0.05) is 24.3 Å². The summed E-state index contributed by atoms with van der Waals surface area (Å²) in [7, 11) is 0. The summed E-state index contributed by atoms with van der Waals surface area (Å²) in [5.74, 6) is 0.341. The Labute approximate surface area is 116 Å². The van der Waals surface area contributed by atoms with Crippen LogP contribution < -0.4 is 4.57 Å². The van der Waals surface area contributed by atoms with Gasteiger partial charge in [0.25, 0.3) is 0 Å². The van der Waals surface area contributed by atoms with Gasteiger partial charge in [0.15, 0.2) is 18.5 Å². The molecule has 1 unspecified atom stereocenters. The fourth-order valence-corrected chi connectivity index (χ4v) is 3.07. The van der Waals surface area contributed by atoms with E-state index in [4.69, 9.17) is 4.42 Å². The van der Waals surface area contributed by atoms with E-state index in [0.717, 1.165) is 17.8 Å². The van der Waals surface area contributed by atoms with Crippen LogP contribution in [0.4, 0.5) is 0 Å². The molecule has 0 spiro atoms. The van der Waals surface area contributed by atoms with E-state index in [1.807, 2.05) is 24.4 Å². The molecule has 20 heavy (non-hydrogen) atoms. The third kappa shape index (κ3) is 1.56. The molecule has 98 valence electrons. The molecule has 0 saturated carbocycles. The van der Waals surface area contributed by atoms with Gasteiger partial charge in [0.2, 0.25) is 5.69 Å². The Bertz CT molecular complexity index is 762. The van der Waals surface area contributed by atoms with Gasteiger partial charge in [-0.15, -0.1) is 0 Å². The Balaban J connectivity index is 2.02. The van der Waals surface area contributed by atoms with Crippen LogP contribution in [0, 0.1) is 0 Å². The van der Waals surface area contributed by atoms with Crippen LogP contribution in [0.2, 0.25) is 0 Å². The number of aromatic nitrogens is 1. The van der Waals surface area contributed by atoms with E-state index in [2.05, 4.69) is 22.8 Å². The topological polar surface area (TPSA) is 37.2 Å². The molecular formula is C17H14NO2+. The van der Waals surface area contributed by atoms with Crippen LogP contribution in [0.25, 0.3) is 0 Å². The van der Waals surface area contributed by atoms with Crippen LogP contribution in [0.1, 0.15) is 28.3 Å². The number of fused-ring (bicyclic) bond motifs is 2. The first-order valence-electron chi connectivity index (χ1n) is 6.66. The molecule has 3 aromatic rings. The molecule has 1 atom stereocenters. The summed E-state index contributed by atoms with van der Waals surface area (Å²) in [5, 5.41) is 10.3. The third-order valence-electron chi connectivity index (χ3n) is 3.95. The van der Waals surface area contributed by atoms with Crippen LogP contribution >= 0.6 is 0 Å². The lowest BCUT2D eigenvalue weighted by molar-refractivity contribution is -0.698. The summed E-state index contributed by atoms with van der Waals surface area (Å²) in [6, 6.07) is 13.9. The van der Waals surface area contributed by atoms with Gasteiger partial charge in [0.05, 0.1) is 12.5 Å². The maximum atomic E-state index is 10.3. The van der Waals surface area contributed by atoms with Crippen molar-refractivity contribution in [3.8, 4) is 5.75 Å². The molecule has 3 nitrogen and oxygen atoms in total. The summed E-state index contributed by atoms with van der Waals surface area (Å²) in [6.07, 6.45) is 5.44. The molecule has 1 aliphatic heterocycles. The highest BCUT2D eigenvalue weighted by Crippen LogP contribution is 2.38. The van der Waals surface area contributed by atoms with E-state index in [1.165, 1.54) is 11.1 Å². The molecule has 3 heterocycles. The number of nitrogens with zero attached hydrogens (tertiary/aromatic N) is 1. The summed E-state index contributed by atoms with van der Waals surface area (Å²) in [6.45, 7) is 0.786. The second-order valence-electron chi connectivity index (χ2n) is 5.10. The first kappa shape index (κ1) is 11.3. The molecule has 0 fully saturated rings. The minimum absolute atomic E-state index is 0.0138. The van der Waals surface area contributed by atoms with Crippen LogP contribution in [0.5, 0.6) is 5.75 Å². The largest absolute Gasteiger partial charge is 0.502 e. The van der Waals surface area contributed by atoms with Crippen molar-refractivity contribution in [1.29, 1.82) is 0 Å². The number of hydrogen-bond acceptors (Lipinski definition) is 2. The Morgan fingerprint density at radius 1 is 1.10 bits per heavy atom. The quantitative estimate of drug-likeness (QED) is 0.537. The van der Waals surface area contributed by atoms with Gasteiger partial charge in [-0.25, -0.2) is 0 Å². The standard InChI is InChI=1S/C17H13NO2/c19-15-6-3-8-18-10-12-4-1-2-5-14(12)16(17(15)18)13-7-9-20-11-13/h1-9,11,16H,10H2/p+1.